The largest absolute Gasteiger partial charge is 0.493 e. The molecule has 0 saturated carbocycles. The summed E-state index contributed by atoms with van der Waals surface area (Å²) < 4.78 is 22.8. The number of nitrogens with zero attached hydrogens (tertiary/aromatic N) is 1. The molecule has 8 heteroatoms. The Kier molecular flexibility index (Phi) is 9.10. The van der Waals surface area contributed by atoms with Crippen LogP contribution in [-0.4, -0.2) is 56.5 Å². The van der Waals surface area contributed by atoms with Crippen LogP contribution >= 0.6 is 0 Å². The normalized spacial score (nSPS) is 24.3. The number of esters is 2. The molecule has 2 aliphatic carbocycles. The third-order valence-electron chi connectivity index (χ3n) is 8.05. The van der Waals surface area contributed by atoms with Crippen LogP contribution in [0.5, 0.6) is 11.5 Å². The molecule has 3 atom stereocenters. The lowest BCUT2D eigenvalue weighted by Crippen LogP contribution is -2.60. The van der Waals surface area contributed by atoms with Gasteiger partial charge in [-0.15, -0.1) is 0 Å². The second-order valence-electron chi connectivity index (χ2n) is 10.2. The molecule has 4 rings (SSSR count). The molecule has 0 N–H and O–H groups in total. The Bertz CT molecular complexity index is 1320. The minimum atomic E-state index is -0.633. The maximum absolute atomic E-state index is 13.3. The van der Waals surface area contributed by atoms with E-state index >= 15 is 0 Å². The molecule has 1 aromatic rings. The first kappa shape index (κ1) is 29.1. The molecule has 8 nitrogen and oxygen atoms in total. The zero-order valence-electron chi connectivity index (χ0n) is 23.8. The predicted molar refractivity (Wildman–Crippen MR) is 151 cm³/mol. The van der Waals surface area contributed by atoms with Crippen LogP contribution in [-0.2, 0) is 42.3 Å². The number of hydrogen-bond donors (Lipinski definition) is 0. The summed E-state index contributed by atoms with van der Waals surface area (Å²) >= 11 is 0. The first-order chi connectivity index (χ1) is 19.3. The van der Waals surface area contributed by atoms with Gasteiger partial charge in [-0.3, -0.25) is 4.79 Å². The van der Waals surface area contributed by atoms with Crippen LogP contribution in [0.4, 0.5) is 0 Å². The Labute approximate surface area is 235 Å². The number of Topliss-reactive ketones (excluding diaryl/α,β-unsaturated/α-hetero) is 1. The number of likely N-dealkylation sites (tertiary alicyclic amines) is 1. The molecule has 1 fully saturated rings. The zero-order valence-corrected chi connectivity index (χ0v) is 23.8. The van der Waals surface area contributed by atoms with E-state index in [4.69, 9.17) is 18.9 Å². The van der Waals surface area contributed by atoms with Crippen molar-refractivity contribution in [3.8, 4) is 11.5 Å². The fraction of sp³-hybridized carbons (Fsp3) is 0.406. The average molecular weight is 548 g/mol. The number of carbonyl (C=O) groups excluding carboxylic acids is 3. The average Bonchev–Trinajstić information content (AvgIpc) is 2.94. The van der Waals surface area contributed by atoms with E-state index in [0.717, 1.165) is 23.2 Å². The molecule has 1 aliphatic heterocycles. The molecule has 3 aliphatic rings. The third-order valence-corrected chi connectivity index (χ3v) is 8.05. The van der Waals surface area contributed by atoms with Gasteiger partial charge in [0.15, 0.2) is 23.0 Å². The van der Waals surface area contributed by atoms with Crippen molar-refractivity contribution in [3.05, 3.63) is 83.2 Å². The lowest BCUT2D eigenvalue weighted by atomic mass is 9.53. The van der Waals surface area contributed by atoms with Crippen molar-refractivity contribution < 1.29 is 33.3 Å². The van der Waals surface area contributed by atoms with Crippen molar-refractivity contribution >= 4 is 17.7 Å². The van der Waals surface area contributed by atoms with Gasteiger partial charge in [0.2, 0.25) is 0 Å². The van der Waals surface area contributed by atoms with Gasteiger partial charge in [0.05, 0.1) is 14.2 Å². The van der Waals surface area contributed by atoms with Crippen molar-refractivity contribution in [2.75, 3.05) is 27.8 Å². The Morgan fingerprint density at radius 3 is 2.40 bits per heavy atom. The van der Waals surface area contributed by atoms with E-state index in [9.17, 15) is 14.4 Å². The monoisotopic (exact) mass is 547 g/mol. The number of fused-ring (bicyclic) bond motifs is 1. The van der Waals surface area contributed by atoms with Crippen molar-refractivity contribution in [1.29, 1.82) is 0 Å². The highest BCUT2D eigenvalue weighted by atomic mass is 16.6. The van der Waals surface area contributed by atoms with Crippen molar-refractivity contribution in [2.24, 2.45) is 5.92 Å². The molecule has 0 amide bonds. The van der Waals surface area contributed by atoms with Gasteiger partial charge in [-0.05, 0) is 63.6 Å². The number of likely N-dealkylation sites (N-methyl/N-ethyl adjacent to an activating group) is 1. The molecule has 1 saturated heterocycles. The summed E-state index contributed by atoms with van der Waals surface area (Å²) in [4.78, 5) is 40.9. The number of methoxy groups -OCH3 is 2. The highest BCUT2D eigenvalue weighted by Crippen LogP contribution is 2.58. The quantitative estimate of drug-likeness (QED) is 0.193. The maximum atomic E-state index is 13.3. The second kappa shape index (κ2) is 12.5. The summed E-state index contributed by atoms with van der Waals surface area (Å²) in [7, 11) is 5.11. The molecule has 1 heterocycles. The standard InChI is InChI=1S/C32H37NO7/c1-6-8-10-12-28(35)39-20-21-16-27(38-5)31(40-29(36)13-11-9-7-2)30-22(21)17-24-23-18-26(37-4)25(34)19-32(23,30)14-15-33(24)3/h6-13,16,18,23-24H,14-15,17,19-20H2,1-5H3/b8-6+,9-7+,12-10+,13-11+/t23-,24+,32-/m1/s1. The molecule has 1 aromatic carbocycles. The number of ether oxygens (including phenoxy) is 4. The number of piperidine rings is 1. The number of carbonyl (C=O) groups is 3. The third kappa shape index (κ3) is 5.54. The smallest absolute Gasteiger partial charge is 0.336 e. The summed E-state index contributed by atoms with van der Waals surface area (Å²) in [5.41, 5.74) is 1.83. The summed E-state index contributed by atoms with van der Waals surface area (Å²) in [6, 6.07) is 1.85. The first-order valence-electron chi connectivity index (χ1n) is 13.5. The van der Waals surface area contributed by atoms with E-state index < -0.39 is 17.4 Å². The van der Waals surface area contributed by atoms with E-state index in [1.165, 1.54) is 26.4 Å². The van der Waals surface area contributed by atoms with Gasteiger partial charge in [-0.25, -0.2) is 9.59 Å². The van der Waals surface area contributed by atoms with E-state index in [1.54, 1.807) is 30.4 Å². The Morgan fingerprint density at radius 1 is 1.05 bits per heavy atom. The predicted octanol–water partition coefficient (Wildman–Crippen LogP) is 4.53. The molecular formula is C32H37NO7. The minimum absolute atomic E-state index is 0.0113. The van der Waals surface area contributed by atoms with Crippen LogP contribution in [0, 0.1) is 5.92 Å². The van der Waals surface area contributed by atoms with Gasteiger partial charge in [0.25, 0.3) is 0 Å². The maximum Gasteiger partial charge on any atom is 0.336 e. The van der Waals surface area contributed by atoms with Gasteiger partial charge in [-0.1, -0.05) is 36.5 Å². The van der Waals surface area contributed by atoms with Crippen LogP contribution in [0.3, 0.4) is 0 Å². The van der Waals surface area contributed by atoms with Gasteiger partial charge < -0.3 is 23.8 Å². The topological polar surface area (TPSA) is 91.4 Å². The summed E-state index contributed by atoms with van der Waals surface area (Å²) in [5, 5.41) is 0. The lowest BCUT2D eigenvalue weighted by molar-refractivity contribution is -0.139. The number of hydrogen-bond acceptors (Lipinski definition) is 8. The SMILES string of the molecule is C/C=C/C=C/C(=O)OCc1cc(OC)c(OC(=O)/C=C/C=C/C)c2c1C[C@H]1[C@H]3C=C(OC)C(=O)C[C@@]23CCN1C. The number of ketones is 1. The Balaban J connectivity index is 1.89. The van der Waals surface area contributed by atoms with Gasteiger partial charge >= 0.3 is 11.9 Å². The van der Waals surface area contributed by atoms with E-state index in [1.807, 2.05) is 32.1 Å². The zero-order chi connectivity index (χ0) is 28.9. The Hall–Kier alpha value is -3.91. The van der Waals surface area contributed by atoms with E-state index in [0.29, 0.717) is 30.1 Å². The van der Waals surface area contributed by atoms with Crippen LogP contribution in [0.25, 0.3) is 0 Å². The van der Waals surface area contributed by atoms with Gasteiger partial charge in [0, 0.05) is 41.5 Å². The summed E-state index contributed by atoms with van der Waals surface area (Å²) in [5.74, 6) is -0.140. The summed E-state index contributed by atoms with van der Waals surface area (Å²) in [6.45, 7) is 4.50. The molecule has 0 unspecified atom stereocenters. The number of allylic oxidation sites excluding steroid dienone is 7. The van der Waals surface area contributed by atoms with Crippen LogP contribution < -0.4 is 9.47 Å². The fourth-order valence-electron chi connectivity index (χ4n) is 6.21. The molecular weight excluding hydrogens is 510 g/mol. The van der Waals surface area contributed by atoms with Crippen LogP contribution in [0.1, 0.15) is 43.4 Å². The number of benzene rings is 1. The molecule has 40 heavy (non-hydrogen) atoms. The van der Waals surface area contributed by atoms with E-state index in [2.05, 4.69) is 11.9 Å². The highest BCUT2D eigenvalue weighted by Gasteiger charge is 2.57. The van der Waals surface area contributed by atoms with Crippen LogP contribution in [0.15, 0.2) is 66.5 Å². The number of rotatable bonds is 9. The highest BCUT2D eigenvalue weighted by molar-refractivity contribution is 5.96. The fourth-order valence-corrected chi connectivity index (χ4v) is 6.21. The van der Waals surface area contributed by atoms with Gasteiger partial charge in [0.1, 0.15) is 6.61 Å². The lowest BCUT2D eigenvalue weighted by Gasteiger charge is -2.57. The second-order valence-corrected chi connectivity index (χ2v) is 10.2. The van der Waals surface area contributed by atoms with Gasteiger partial charge in [-0.2, -0.15) is 0 Å². The molecule has 0 spiro atoms. The Morgan fingerprint density at radius 2 is 1.75 bits per heavy atom. The van der Waals surface area contributed by atoms with Crippen molar-refractivity contribution in [1.82, 2.24) is 4.90 Å². The summed E-state index contributed by atoms with van der Waals surface area (Å²) in [6.07, 6.45) is 16.5. The first-order valence-corrected chi connectivity index (χ1v) is 13.5. The molecule has 2 bridgehead atoms. The minimum Gasteiger partial charge on any atom is -0.493 e. The molecule has 0 aromatic heterocycles. The van der Waals surface area contributed by atoms with E-state index in [-0.39, 0.29) is 30.8 Å². The van der Waals surface area contributed by atoms with Crippen molar-refractivity contribution in [3.63, 3.8) is 0 Å². The van der Waals surface area contributed by atoms with Crippen LogP contribution in [0.2, 0.25) is 0 Å². The molecule has 212 valence electrons. The molecule has 0 radical (unpaired) electrons. The van der Waals surface area contributed by atoms with Crippen molar-refractivity contribution in [2.45, 2.75) is 51.2 Å².